The molecule has 0 saturated heterocycles. The molecule has 0 spiro atoms. The molecule has 0 aliphatic rings. The highest BCUT2D eigenvalue weighted by Crippen LogP contribution is 2.16. The Bertz CT molecular complexity index is 912. The van der Waals surface area contributed by atoms with E-state index in [2.05, 4.69) is 25.6 Å². The van der Waals surface area contributed by atoms with Crippen molar-refractivity contribution in [3.05, 3.63) is 66.5 Å². The molecule has 8 nitrogen and oxygen atoms in total. The molecule has 2 amide bonds. The molecule has 26 heavy (non-hydrogen) atoms. The van der Waals surface area contributed by atoms with Gasteiger partial charge in [0.2, 0.25) is 0 Å². The Balaban J connectivity index is 1.64. The number of fused-ring (bicyclic) bond motifs is 1. The SMILES string of the molecule is O=C(N[C@@H](CO)CNC(=O)c1cncc2ccccc12)c1ccncn1. The fourth-order valence-corrected chi connectivity index (χ4v) is 2.45. The van der Waals surface area contributed by atoms with E-state index in [0.29, 0.717) is 5.56 Å². The molecule has 0 unspecified atom stereocenters. The topological polar surface area (TPSA) is 117 Å². The lowest BCUT2D eigenvalue weighted by atomic mass is 10.1. The summed E-state index contributed by atoms with van der Waals surface area (Å²) in [5.41, 5.74) is 0.616. The molecule has 0 bridgehead atoms. The van der Waals surface area contributed by atoms with Crippen LogP contribution in [0.2, 0.25) is 0 Å². The van der Waals surface area contributed by atoms with Crippen LogP contribution in [-0.2, 0) is 0 Å². The first-order valence-electron chi connectivity index (χ1n) is 7.97. The molecule has 2 heterocycles. The third kappa shape index (κ3) is 3.98. The summed E-state index contributed by atoms with van der Waals surface area (Å²) in [6, 6.07) is 8.24. The average molecular weight is 351 g/mol. The van der Waals surface area contributed by atoms with E-state index >= 15 is 0 Å². The Morgan fingerprint density at radius 2 is 1.92 bits per heavy atom. The molecule has 2 aromatic heterocycles. The Kier molecular flexibility index (Phi) is 5.45. The molecular formula is C18H17N5O3. The van der Waals surface area contributed by atoms with Crippen molar-refractivity contribution in [1.82, 2.24) is 25.6 Å². The number of aliphatic hydroxyl groups excluding tert-OH is 1. The summed E-state index contributed by atoms with van der Waals surface area (Å²) in [6.07, 6.45) is 5.89. The third-order valence-corrected chi connectivity index (χ3v) is 3.79. The fourth-order valence-electron chi connectivity index (χ4n) is 2.45. The zero-order valence-corrected chi connectivity index (χ0v) is 13.8. The van der Waals surface area contributed by atoms with Crippen LogP contribution in [0, 0.1) is 0 Å². The number of pyridine rings is 1. The maximum absolute atomic E-state index is 12.5. The van der Waals surface area contributed by atoms with Crippen LogP contribution < -0.4 is 10.6 Å². The van der Waals surface area contributed by atoms with Gasteiger partial charge >= 0.3 is 0 Å². The van der Waals surface area contributed by atoms with E-state index in [1.807, 2.05) is 24.3 Å². The van der Waals surface area contributed by atoms with Gasteiger partial charge in [-0.15, -0.1) is 0 Å². The van der Waals surface area contributed by atoms with Crippen molar-refractivity contribution in [2.45, 2.75) is 6.04 Å². The second kappa shape index (κ2) is 8.13. The molecule has 8 heteroatoms. The van der Waals surface area contributed by atoms with E-state index in [4.69, 9.17) is 0 Å². The summed E-state index contributed by atoms with van der Waals surface area (Å²) in [7, 11) is 0. The van der Waals surface area contributed by atoms with E-state index < -0.39 is 11.9 Å². The largest absolute Gasteiger partial charge is 0.394 e. The number of carbonyl (C=O) groups excluding carboxylic acids is 2. The number of aromatic nitrogens is 3. The molecule has 0 radical (unpaired) electrons. The van der Waals surface area contributed by atoms with E-state index in [1.165, 1.54) is 24.8 Å². The Morgan fingerprint density at radius 1 is 1.08 bits per heavy atom. The van der Waals surface area contributed by atoms with Crippen molar-refractivity contribution >= 4 is 22.6 Å². The summed E-state index contributed by atoms with van der Waals surface area (Å²) >= 11 is 0. The van der Waals surface area contributed by atoms with E-state index in [9.17, 15) is 14.7 Å². The maximum atomic E-state index is 12.5. The molecule has 3 N–H and O–H groups in total. The van der Waals surface area contributed by atoms with Gasteiger partial charge in [-0.3, -0.25) is 14.6 Å². The number of hydrogen-bond donors (Lipinski definition) is 3. The van der Waals surface area contributed by atoms with Crippen LogP contribution in [0.3, 0.4) is 0 Å². The van der Waals surface area contributed by atoms with Crippen molar-refractivity contribution in [1.29, 1.82) is 0 Å². The van der Waals surface area contributed by atoms with Crippen LogP contribution in [0.5, 0.6) is 0 Å². The quantitative estimate of drug-likeness (QED) is 0.597. The zero-order chi connectivity index (χ0) is 18.4. The minimum Gasteiger partial charge on any atom is -0.394 e. The molecule has 1 atom stereocenters. The highest BCUT2D eigenvalue weighted by atomic mass is 16.3. The molecule has 0 fully saturated rings. The lowest BCUT2D eigenvalue weighted by Crippen LogP contribution is -2.46. The summed E-state index contributed by atoms with van der Waals surface area (Å²) in [4.78, 5) is 36.2. The fraction of sp³-hybridized carbons (Fsp3) is 0.167. The van der Waals surface area contributed by atoms with Crippen molar-refractivity contribution < 1.29 is 14.7 Å². The monoisotopic (exact) mass is 351 g/mol. The minimum atomic E-state index is -0.649. The van der Waals surface area contributed by atoms with E-state index in [-0.39, 0.29) is 24.8 Å². The van der Waals surface area contributed by atoms with Gasteiger partial charge in [0, 0.05) is 30.5 Å². The van der Waals surface area contributed by atoms with Crippen molar-refractivity contribution in [2.24, 2.45) is 0 Å². The summed E-state index contributed by atoms with van der Waals surface area (Å²) in [5.74, 6) is -0.781. The number of rotatable bonds is 6. The third-order valence-electron chi connectivity index (χ3n) is 3.79. The minimum absolute atomic E-state index is 0.0649. The van der Waals surface area contributed by atoms with Gasteiger partial charge in [0.25, 0.3) is 11.8 Å². The van der Waals surface area contributed by atoms with Crippen molar-refractivity contribution in [3.63, 3.8) is 0 Å². The van der Waals surface area contributed by atoms with Crippen molar-refractivity contribution in [2.75, 3.05) is 13.2 Å². The lowest BCUT2D eigenvalue weighted by Gasteiger charge is -2.17. The number of carbonyl (C=O) groups is 2. The second-order valence-electron chi connectivity index (χ2n) is 5.57. The number of nitrogens with zero attached hydrogens (tertiary/aromatic N) is 3. The first-order valence-corrected chi connectivity index (χ1v) is 7.97. The Morgan fingerprint density at radius 3 is 2.69 bits per heavy atom. The van der Waals surface area contributed by atoms with Crippen molar-refractivity contribution in [3.8, 4) is 0 Å². The van der Waals surface area contributed by atoms with E-state index in [0.717, 1.165) is 10.8 Å². The van der Waals surface area contributed by atoms with Gasteiger partial charge in [-0.1, -0.05) is 24.3 Å². The molecular weight excluding hydrogens is 334 g/mol. The van der Waals surface area contributed by atoms with Crippen LogP contribution in [0.15, 0.2) is 55.2 Å². The second-order valence-corrected chi connectivity index (χ2v) is 5.57. The van der Waals surface area contributed by atoms with Gasteiger partial charge in [0.05, 0.1) is 18.2 Å². The molecule has 3 rings (SSSR count). The molecule has 0 aliphatic carbocycles. The lowest BCUT2D eigenvalue weighted by molar-refractivity contribution is 0.0884. The van der Waals surface area contributed by atoms with Crippen LogP contribution in [0.4, 0.5) is 0 Å². The molecule has 0 saturated carbocycles. The number of hydrogen-bond acceptors (Lipinski definition) is 6. The van der Waals surface area contributed by atoms with Gasteiger partial charge in [-0.25, -0.2) is 9.97 Å². The Hall–Kier alpha value is -3.39. The first kappa shape index (κ1) is 17.4. The standard InChI is InChI=1S/C18H17N5O3/c24-10-13(23-18(26)16-5-6-19-11-22-16)8-21-17(25)15-9-20-7-12-3-1-2-4-14(12)15/h1-7,9,11,13,24H,8,10H2,(H,21,25)(H,23,26)/t13-/m1/s1. The van der Waals surface area contributed by atoms with Crippen LogP contribution in [0.1, 0.15) is 20.8 Å². The van der Waals surface area contributed by atoms with Gasteiger partial charge in [-0.2, -0.15) is 0 Å². The molecule has 132 valence electrons. The summed E-state index contributed by atoms with van der Waals surface area (Å²) < 4.78 is 0. The van der Waals surface area contributed by atoms with Gasteiger partial charge in [0.1, 0.15) is 12.0 Å². The highest BCUT2D eigenvalue weighted by Gasteiger charge is 2.16. The normalized spacial score (nSPS) is 11.7. The van der Waals surface area contributed by atoms with Gasteiger partial charge in [0.15, 0.2) is 0 Å². The molecule has 3 aromatic rings. The van der Waals surface area contributed by atoms with E-state index in [1.54, 1.807) is 6.20 Å². The summed E-state index contributed by atoms with van der Waals surface area (Å²) in [6.45, 7) is -0.264. The van der Waals surface area contributed by atoms with Gasteiger partial charge < -0.3 is 15.7 Å². The number of benzene rings is 1. The number of aliphatic hydroxyl groups is 1. The van der Waals surface area contributed by atoms with Crippen LogP contribution >= 0.6 is 0 Å². The Labute approximate surface area is 149 Å². The number of amides is 2. The smallest absolute Gasteiger partial charge is 0.270 e. The average Bonchev–Trinajstić information content (AvgIpc) is 2.70. The number of nitrogens with one attached hydrogen (secondary N) is 2. The van der Waals surface area contributed by atoms with Gasteiger partial charge in [-0.05, 0) is 11.5 Å². The van der Waals surface area contributed by atoms with Crippen LogP contribution in [-0.4, -0.2) is 51.1 Å². The first-order chi connectivity index (χ1) is 12.7. The predicted octanol–water partition coefficient (Wildman–Crippen LogP) is 0.545. The summed E-state index contributed by atoms with van der Waals surface area (Å²) in [5, 5.41) is 16.4. The predicted molar refractivity (Wildman–Crippen MR) is 94.4 cm³/mol. The molecule has 0 aliphatic heterocycles. The highest BCUT2D eigenvalue weighted by molar-refractivity contribution is 6.06. The maximum Gasteiger partial charge on any atom is 0.270 e. The molecule has 1 aromatic carbocycles. The van der Waals surface area contributed by atoms with Crippen LogP contribution in [0.25, 0.3) is 10.8 Å². The zero-order valence-electron chi connectivity index (χ0n) is 13.8.